The van der Waals surface area contributed by atoms with Crippen molar-refractivity contribution in [1.82, 2.24) is 14.8 Å². The van der Waals surface area contributed by atoms with Crippen LogP contribution in [0.5, 0.6) is 0 Å². The van der Waals surface area contributed by atoms with E-state index >= 15 is 0 Å². The third-order valence-corrected chi connectivity index (χ3v) is 4.57. The summed E-state index contributed by atoms with van der Waals surface area (Å²) in [6, 6.07) is 14.6. The first-order chi connectivity index (χ1) is 13.0. The zero-order chi connectivity index (χ0) is 19.0. The van der Waals surface area contributed by atoms with Gasteiger partial charge in [-0.3, -0.25) is 14.9 Å². The molecule has 7 heteroatoms. The second-order valence-electron chi connectivity index (χ2n) is 6.64. The number of rotatable bonds is 4. The fraction of sp³-hybridized carbons (Fsp3) is 0.200. The number of para-hydroxylation sites is 1. The van der Waals surface area contributed by atoms with Crippen molar-refractivity contribution in [2.75, 3.05) is 10.6 Å². The lowest BCUT2D eigenvalue weighted by molar-refractivity contribution is -0.123. The summed E-state index contributed by atoms with van der Waals surface area (Å²) in [6.07, 6.45) is -0.0101. The number of aryl methyl sites for hydroxylation is 2. The highest BCUT2D eigenvalue weighted by molar-refractivity contribution is 6.01. The molecule has 3 aromatic rings. The molecule has 0 saturated heterocycles. The van der Waals surface area contributed by atoms with Gasteiger partial charge in [-0.1, -0.05) is 48.0 Å². The Balaban J connectivity index is 1.53. The van der Waals surface area contributed by atoms with Crippen molar-refractivity contribution in [2.45, 2.75) is 26.3 Å². The van der Waals surface area contributed by atoms with Crippen molar-refractivity contribution in [3.05, 3.63) is 59.7 Å². The molecule has 0 bridgehead atoms. The van der Waals surface area contributed by atoms with E-state index in [0.29, 0.717) is 11.8 Å². The minimum Gasteiger partial charge on any atom is -0.326 e. The lowest BCUT2D eigenvalue weighted by Gasteiger charge is -2.11. The first-order valence-corrected chi connectivity index (χ1v) is 8.71. The van der Waals surface area contributed by atoms with Gasteiger partial charge in [-0.25, -0.2) is 4.68 Å². The normalized spacial score (nSPS) is 15.3. The lowest BCUT2D eigenvalue weighted by atomic mass is 10.1. The van der Waals surface area contributed by atoms with Crippen molar-refractivity contribution in [2.24, 2.45) is 0 Å². The third kappa shape index (κ3) is 3.31. The summed E-state index contributed by atoms with van der Waals surface area (Å²) < 4.78 is 1.49. The number of carbonyl (C=O) groups excluding carboxylic acids is 2. The van der Waals surface area contributed by atoms with E-state index < -0.39 is 6.04 Å². The molecule has 2 N–H and O–H groups in total. The maximum atomic E-state index is 12.4. The summed E-state index contributed by atoms with van der Waals surface area (Å²) in [4.78, 5) is 29.1. The number of carbonyl (C=O) groups is 2. The summed E-state index contributed by atoms with van der Waals surface area (Å²) in [5, 5.41) is 10.00. The first kappa shape index (κ1) is 17.0. The standard InChI is InChI=1S/C20H19N5O2/c1-12-7-9-14(10-8-12)18-22-20-23-19(27)16(25(20)24-18)11-17(26)21-15-6-4-3-5-13(15)2/h3-10,16H,11H2,1-2H3,(H,21,26)(H,22,23,24,27). The fourth-order valence-corrected chi connectivity index (χ4v) is 3.02. The molecule has 2 heterocycles. The minimum atomic E-state index is -0.712. The predicted octanol–water partition coefficient (Wildman–Crippen LogP) is 3.08. The van der Waals surface area contributed by atoms with Gasteiger partial charge in [0.05, 0.1) is 6.42 Å². The molecule has 2 aromatic carbocycles. The van der Waals surface area contributed by atoms with Crippen LogP contribution in [0.3, 0.4) is 0 Å². The molecule has 136 valence electrons. The van der Waals surface area contributed by atoms with Gasteiger partial charge < -0.3 is 5.32 Å². The zero-order valence-electron chi connectivity index (χ0n) is 15.1. The van der Waals surface area contributed by atoms with E-state index in [-0.39, 0.29) is 18.2 Å². The molecule has 1 aliphatic rings. The zero-order valence-corrected chi connectivity index (χ0v) is 15.1. The fourth-order valence-electron chi connectivity index (χ4n) is 3.02. The molecule has 7 nitrogen and oxygen atoms in total. The number of nitrogens with one attached hydrogen (secondary N) is 2. The van der Waals surface area contributed by atoms with Crippen LogP contribution in [0.25, 0.3) is 11.4 Å². The van der Waals surface area contributed by atoms with Crippen LogP contribution in [0.1, 0.15) is 23.6 Å². The van der Waals surface area contributed by atoms with Gasteiger partial charge in [-0.15, -0.1) is 5.10 Å². The molecule has 0 saturated carbocycles. The molecule has 1 aromatic heterocycles. The number of hydrogen-bond acceptors (Lipinski definition) is 4. The molecule has 1 atom stereocenters. The van der Waals surface area contributed by atoms with Crippen LogP contribution in [0.15, 0.2) is 48.5 Å². The average molecular weight is 361 g/mol. The van der Waals surface area contributed by atoms with E-state index in [1.807, 2.05) is 62.4 Å². The van der Waals surface area contributed by atoms with E-state index in [2.05, 4.69) is 20.7 Å². The van der Waals surface area contributed by atoms with E-state index in [1.54, 1.807) is 0 Å². The number of amides is 2. The monoisotopic (exact) mass is 361 g/mol. The molecule has 27 heavy (non-hydrogen) atoms. The summed E-state index contributed by atoms with van der Waals surface area (Å²) >= 11 is 0. The molecule has 0 aliphatic carbocycles. The largest absolute Gasteiger partial charge is 0.326 e. The van der Waals surface area contributed by atoms with E-state index in [0.717, 1.165) is 22.4 Å². The van der Waals surface area contributed by atoms with Crippen molar-refractivity contribution in [1.29, 1.82) is 0 Å². The molecule has 2 amide bonds. The summed E-state index contributed by atoms with van der Waals surface area (Å²) in [7, 11) is 0. The first-order valence-electron chi connectivity index (χ1n) is 8.71. The maximum absolute atomic E-state index is 12.4. The molecule has 1 aliphatic heterocycles. The SMILES string of the molecule is Cc1ccc(-c2nc3n(n2)C(CC(=O)Nc2ccccc2C)C(=O)N3)cc1. The van der Waals surface area contributed by atoms with Crippen molar-refractivity contribution in [3.63, 3.8) is 0 Å². The van der Waals surface area contributed by atoms with Gasteiger partial charge >= 0.3 is 0 Å². The number of anilines is 2. The predicted molar refractivity (Wildman–Crippen MR) is 102 cm³/mol. The van der Waals surface area contributed by atoms with Crippen LogP contribution < -0.4 is 10.6 Å². The van der Waals surface area contributed by atoms with Gasteiger partial charge in [-0.2, -0.15) is 4.98 Å². The Labute approximate surface area is 156 Å². The molecule has 0 radical (unpaired) electrons. The Kier molecular flexibility index (Phi) is 4.19. The third-order valence-electron chi connectivity index (χ3n) is 4.57. The van der Waals surface area contributed by atoms with Crippen LogP contribution in [-0.2, 0) is 9.59 Å². The molecule has 0 spiro atoms. The van der Waals surface area contributed by atoms with E-state index in [9.17, 15) is 9.59 Å². The van der Waals surface area contributed by atoms with Gasteiger partial charge in [0.25, 0.3) is 5.91 Å². The number of fused-ring (bicyclic) bond motifs is 1. The number of aromatic nitrogens is 3. The van der Waals surface area contributed by atoms with Crippen LogP contribution in [0, 0.1) is 13.8 Å². The van der Waals surface area contributed by atoms with Gasteiger partial charge in [0.2, 0.25) is 11.9 Å². The molecular weight excluding hydrogens is 342 g/mol. The van der Waals surface area contributed by atoms with E-state index in [4.69, 9.17) is 0 Å². The van der Waals surface area contributed by atoms with E-state index in [1.165, 1.54) is 4.68 Å². The number of nitrogens with zero attached hydrogens (tertiary/aromatic N) is 3. The van der Waals surface area contributed by atoms with Gasteiger partial charge in [0, 0.05) is 11.3 Å². The Morgan fingerprint density at radius 1 is 1.15 bits per heavy atom. The smallest absolute Gasteiger partial charge is 0.252 e. The van der Waals surface area contributed by atoms with Gasteiger partial charge in [0.15, 0.2) is 5.82 Å². The summed E-state index contributed by atoms with van der Waals surface area (Å²) in [6.45, 7) is 3.93. The molecule has 1 unspecified atom stereocenters. The van der Waals surface area contributed by atoms with Crippen LogP contribution in [0.2, 0.25) is 0 Å². The quantitative estimate of drug-likeness (QED) is 0.747. The summed E-state index contributed by atoms with van der Waals surface area (Å²) in [5.74, 6) is 0.364. The van der Waals surface area contributed by atoms with Gasteiger partial charge in [-0.05, 0) is 25.5 Å². The molecule has 4 rings (SSSR count). The Morgan fingerprint density at radius 2 is 1.89 bits per heavy atom. The average Bonchev–Trinajstić information content (AvgIpc) is 3.17. The lowest BCUT2D eigenvalue weighted by Crippen LogP contribution is -2.24. The minimum absolute atomic E-state index is 0.0101. The summed E-state index contributed by atoms with van der Waals surface area (Å²) in [5.41, 5.74) is 3.70. The van der Waals surface area contributed by atoms with Crippen molar-refractivity contribution in [3.8, 4) is 11.4 Å². The highest BCUT2D eigenvalue weighted by atomic mass is 16.2. The molecule has 0 fully saturated rings. The molecular formula is C20H19N5O2. The highest BCUT2D eigenvalue weighted by Gasteiger charge is 2.35. The van der Waals surface area contributed by atoms with Crippen LogP contribution >= 0.6 is 0 Å². The number of benzene rings is 2. The second kappa shape index (κ2) is 6.68. The number of hydrogen-bond donors (Lipinski definition) is 2. The Bertz CT molecular complexity index is 1020. The van der Waals surface area contributed by atoms with Crippen molar-refractivity contribution >= 4 is 23.5 Å². The highest BCUT2D eigenvalue weighted by Crippen LogP contribution is 2.28. The Morgan fingerprint density at radius 3 is 2.63 bits per heavy atom. The topological polar surface area (TPSA) is 88.9 Å². The van der Waals surface area contributed by atoms with Crippen molar-refractivity contribution < 1.29 is 9.59 Å². The maximum Gasteiger partial charge on any atom is 0.252 e. The van der Waals surface area contributed by atoms with Gasteiger partial charge in [0.1, 0.15) is 6.04 Å². The second-order valence-corrected chi connectivity index (χ2v) is 6.64. The van der Waals surface area contributed by atoms with Crippen LogP contribution in [0.4, 0.5) is 11.6 Å². The van der Waals surface area contributed by atoms with Crippen LogP contribution in [-0.4, -0.2) is 26.6 Å². The Hall–Kier alpha value is -3.48.